The van der Waals surface area contributed by atoms with Crippen LogP contribution in [0.25, 0.3) is 0 Å². The van der Waals surface area contributed by atoms with Crippen molar-refractivity contribution in [2.75, 3.05) is 6.54 Å². The van der Waals surface area contributed by atoms with E-state index in [0.29, 0.717) is 10.9 Å². The van der Waals surface area contributed by atoms with Crippen LogP contribution in [0.2, 0.25) is 0 Å². The van der Waals surface area contributed by atoms with Gasteiger partial charge in [0, 0.05) is 11.0 Å². The Balaban J connectivity index is 1.83. The predicted octanol–water partition coefficient (Wildman–Crippen LogP) is 2.56. The average Bonchev–Trinajstić information content (AvgIpc) is 2.84. The van der Waals surface area contributed by atoms with E-state index in [-0.39, 0.29) is 11.4 Å². The topological polar surface area (TPSA) is 66.4 Å². The van der Waals surface area contributed by atoms with Crippen LogP contribution in [0.1, 0.15) is 17.5 Å². The molecule has 1 aliphatic rings. The van der Waals surface area contributed by atoms with E-state index in [1.54, 1.807) is 18.2 Å². The first-order valence-electron chi connectivity index (χ1n) is 6.97. The summed E-state index contributed by atoms with van der Waals surface area (Å²) in [5.74, 6) is 0. The highest BCUT2D eigenvalue weighted by atomic mass is 79.9. The number of benzene rings is 2. The van der Waals surface area contributed by atoms with Crippen LogP contribution in [0.15, 0.2) is 57.9 Å². The van der Waals surface area contributed by atoms with Crippen LogP contribution in [0.4, 0.5) is 0 Å². The SMILES string of the molecule is O=S(=O)(NC[C@]1(O)CCc2ccccc21)c1ccccc1Br. The van der Waals surface area contributed by atoms with Crippen LogP contribution in [-0.2, 0) is 22.0 Å². The Hall–Kier alpha value is -1.21. The van der Waals surface area contributed by atoms with E-state index in [9.17, 15) is 13.5 Å². The molecule has 0 spiro atoms. The molecule has 4 nitrogen and oxygen atoms in total. The highest BCUT2D eigenvalue weighted by Gasteiger charge is 2.37. The van der Waals surface area contributed by atoms with Crippen LogP contribution in [-0.4, -0.2) is 20.1 Å². The number of nitrogens with one attached hydrogen (secondary N) is 1. The minimum atomic E-state index is -3.68. The lowest BCUT2D eigenvalue weighted by Gasteiger charge is -2.24. The number of sulfonamides is 1. The first-order chi connectivity index (χ1) is 10.4. The zero-order valence-electron chi connectivity index (χ0n) is 11.8. The highest BCUT2D eigenvalue weighted by Crippen LogP contribution is 2.36. The first-order valence-corrected chi connectivity index (χ1v) is 9.25. The summed E-state index contributed by atoms with van der Waals surface area (Å²) in [6, 6.07) is 14.2. The van der Waals surface area contributed by atoms with Crippen LogP contribution >= 0.6 is 15.9 Å². The second-order valence-corrected chi connectivity index (χ2v) is 8.03. The van der Waals surface area contributed by atoms with Crippen LogP contribution < -0.4 is 4.72 Å². The maximum atomic E-state index is 12.4. The molecule has 1 aliphatic carbocycles. The van der Waals surface area contributed by atoms with Crippen molar-refractivity contribution in [2.45, 2.75) is 23.3 Å². The van der Waals surface area contributed by atoms with Crippen molar-refractivity contribution in [3.8, 4) is 0 Å². The van der Waals surface area contributed by atoms with Gasteiger partial charge in [-0.1, -0.05) is 36.4 Å². The molecular formula is C16H16BrNO3S. The van der Waals surface area contributed by atoms with Gasteiger partial charge in [-0.25, -0.2) is 13.1 Å². The van der Waals surface area contributed by atoms with Crippen molar-refractivity contribution < 1.29 is 13.5 Å². The van der Waals surface area contributed by atoms with E-state index in [0.717, 1.165) is 17.5 Å². The molecule has 0 bridgehead atoms. The summed E-state index contributed by atoms with van der Waals surface area (Å²) in [4.78, 5) is 0.171. The highest BCUT2D eigenvalue weighted by molar-refractivity contribution is 9.10. The number of hydrogen-bond acceptors (Lipinski definition) is 3. The molecule has 116 valence electrons. The van der Waals surface area contributed by atoms with Gasteiger partial charge in [0.15, 0.2) is 0 Å². The molecule has 6 heteroatoms. The van der Waals surface area contributed by atoms with Crippen molar-refractivity contribution in [3.63, 3.8) is 0 Å². The van der Waals surface area contributed by atoms with Crippen molar-refractivity contribution in [3.05, 3.63) is 64.1 Å². The number of rotatable bonds is 4. The second kappa shape index (κ2) is 5.77. The molecule has 0 aromatic heterocycles. The normalized spacial score (nSPS) is 20.8. The van der Waals surface area contributed by atoms with Gasteiger partial charge in [-0.2, -0.15) is 0 Å². The van der Waals surface area contributed by atoms with Gasteiger partial charge in [0.25, 0.3) is 0 Å². The van der Waals surface area contributed by atoms with Gasteiger partial charge in [0.05, 0.1) is 4.90 Å². The summed E-state index contributed by atoms with van der Waals surface area (Å²) < 4.78 is 27.9. The minimum Gasteiger partial charge on any atom is -0.384 e. The van der Waals surface area contributed by atoms with Crippen LogP contribution in [0, 0.1) is 0 Å². The molecule has 2 N–H and O–H groups in total. The molecule has 0 saturated heterocycles. The van der Waals surface area contributed by atoms with Gasteiger partial charge >= 0.3 is 0 Å². The van der Waals surface area contributed by atoms with Gasteiger partial charge in [0.2, 0.25) is 10.0 Å². The quantitative estimate of drug-likeness (QED) is 0.854. The fraction of sp³-hybridized carbons (Fsp3) is 0.250. The predicted molar refractivity (Wildman–Crippen MR) is 88.0 cm³/mol. The third-order valence-electron chi connectivity index (χ3n) is 4.01. The molecule has 2 aromatic carbocycles. The third-order valence-corrected chi connectivity index (χ3v) is 6.42. The molecule has 22 heavy (non-hydrogen) atoms. The maximum absolute atomic E-state index is 12.4. The standard InChI is InChI=1S/C16H16BrNO3S/c17-14-7-3-4-8-15(14)22(20,21)18-11-16(19)10-9-12-5-1-2-6-13(12)16/h1-8,18-19H,9-11H2/t16-/m1/s1. The summed E-state index contributed by atoms with van der Waals surface area (Å²) in [5.41, 5.74) is 0.736. The van der Waals surface area contributed by atoms with Crippen molar-refractivity contribution in [2.24, 2.45) is 0 Å². The van der Waals surface area contributed by atoms with E-state index >= 15 is 0 Å². The molecule has 3 rings (SSSR count). The van der Waals surface area contributed by atoms with Crippen LogP contribution in [0.5, 0.6) is 0 Å². The summed E-state index contributed by atoms with van der Waals surface area (Å²) in [7, 11) is -3.68. The lowest BCUT2D eigenvalue weighted by Crippen LogP contribution is -2.39. The van der Waals surface area contributed by atoms with E-state index in [1.165, 1.54) is 6.07 Å². The Morgan fingerprint density at radius 1 is 1.14 bits per heavy atom. The monoisotopic (exact) mass is 381 g/mol. The summed E-state index contributed by atoms with van der Waals surface area (Å²) in [6.45, 7) is -0.0340. The Labute approximate surface area is 138 Å². The summed E-state index contributed by atoms with van der Waals surface area (Å²) in [5, 5.41) is 10.8. The fourth-order valence-corrected chi connectivity index (χ4v) is 4.90. The largest absolute Gasteiger partial charge is 0.384 e. The fourth-order valence-electron chi connectivity index (χ4n) is 2.81. The van der Waals surface area contributed by atoms with E-state index in [1.807, 2.05) is 24.3 Å². The smallest absolute Gasteiger partial charge is 0.241 e. The van der Waals surface area contributed by atoms with Crippen molar-refractivity contribution in [1.29, 1.82) is 0 Å². The van der Waals surface area contributed by atoms with Gasteiger partial charge < -0.3 is 5.11 Å². The summed E-state index contributed by atoms with van der Waals surface area (Å²) >= 11 is 3.24. The molecular weight excluding hydrogens is 366 g/mol. The molecule has 0 heterocycles. The van der Waals surface area contributed by atoms with Crippen molar-refractivity contribution in [1.82, 2.24) is 4.72 Å². The van der Waals surface area contributed by atoms with E-state index in [4.69, 9.17) is 0 Å². The Bertz CT molecular complexity index is 807. The zero-order valence-corrected chi connectivity index (χ0v) is 14.2. The molecule has 0 saturated carbocycles. The molecule has 2 aromatic rings. The lowest BCUT2D eigenvalue weighted by molar-refractivity contribution is 0.0442. The number of fused-ring (bicyclic) bond motifs is 1. The van der Waals surface area contributed by atoms with E-state index in [2.05, 4.69) is 20.7 Å². The lowest BCUT2D eigenvalue weighted by atomic mass is 9.96. The first kappa shape index (κ1) is 15.7. The van der Waals surface area contributed by atoms with Crippen LogP contribution in [0.3, 0.4) is 0 Å². The Morgan fingerprint density at radius 3 is 2.59 bits per heavy atom. The maximum Gasteiger partial charge on any atom is 0.241 e. The molecule has 1 atom stereocenters. The number of halogens is 1. The van der Waals surface area contributed by atoms with E-state index < -0.39 is 15.6 Å². The summed E-state index contributed by atoms with van der Waals surface area (Å²) in [6.07, 6.45) is 1.27. The number of aryl methyl sites for hydroxylation is 1. The minimum absolute atomic E-state index is 0.0340. The van der Waals surface area contributed by atoms with Gasteiger partial charge in [0.1, 0.15) is 5.60 Å². The van der Waals surface area contributed by atoms with Gasteiger partial charge in [-0.3, -0.25) is 0 Å². The van der Waals surface area contributed by atoms with Gasteiger partial charge in [-0.05, 0) is 52.0 Å². The molecule has 0 radical (unpaired) electrons. The second-order valence-electron chi connectivity index (χ2n) is 5.44. The molecule has 0 unspecified atom stereocenters. The molecule has 0 amide bonds. The number of aliphatic hydroxyl groups is 1. The average molecular weight is 382 g/mol. The zero-order chi connectivity index (χ0) is 15.8. The molecule has 0 fully saturated rings. The Morgan fingerprint density at radius 2 is 1.82 bits per heavy atom. The van der Waals surface area contributed by atoms with Gasteiger partial charge in [-0.15, -0.1) is 0 Å². The number of hydrogen-bond donors (Lipinski definition) is 2. The third kappa shape index (κ3) is 2.84. The Kier molecular flexibility index (Phi) is 4.11. The molecule has 0 aliphatic heterocycles. The van der Waals surface area contributed by atoms with Crippen molar-refractivity contribution >= 4 is 26.0 Å².